The highest BCUT2D eigenvalue weighted by atomic mass is 79.9. The van der Waals surface area contributed by atoms with Crippen molar-refractivity contribution in [1.29, 1.82) is 0 Å². The molecule has 1 saturated heterocycles. The van der Waals surface area contributed by atoms with Gasteiger partial charge in [-0.15, -0.1) is 0 Å². The van der Waals surface area contributed by atoms with E-state index in [0.717, 1.165) is 17.4 Å². The quantitative estimate of drug-likeness (QED) is 0.798. The molecule has 1 aromatic carbocycles. The fraction of sp³-hybridized carbons (Fsp3) is 0.562. The molecule has 1 heterocycles. The van der Waals surface area contributed by atoms with Crippen molar-refractivity contribution >= 4 is 21.8 Å². The SMILES string of the molecule is COc1cc(Br)ccc1C(=O)NCCCN1CCCCC1. The molecule has 21 heavy (non-hydrogen) atoms. The molecule has 5 heteroatoms. The summed E-state index contributed by atoms with van der Waals surface area (Å²) in [5.41, 5.74) is 0.582. The highest BCUT2D eigenvalue weighted by molar-refractivity contribution is 9.10. The van der Waals surface area contributed by atoms with Crippen molar-refractivity contribution in [2.24, 2.45) is 0 Å². The smallest absolute Gasteiger partial charge is 0.255 e. The molecule has 0 saturated carbocycles. The molecule has 0 bridgehead atoms. The van der Waals surface area contributed by atoms with Crippen LogP contribution in [-0.4, -0.2) is 44.1 Å². The van der Waals surface area contributed by atoms with Crippen LogP contribution in [0.2, 0.25) is 0 Å². The number of likely N-dealkylation sites (tertiary alicyclic amines) is 1. The fourth-order valence-corrected chi connectivity index (χ4v) is 2.98. The lowest BCUT2D eigenvalue weighted by Crippen LogP contribution is -2.33. The Labute approximate surface area is 135 Å². The summed E-state index contributed by atoms with van der Waals surface area (Å²) in [7, 11) is 1.58. The predicted octanol–water partition coefficient (Wildman–Crippen LogP) is 3.06. The van der Waals surface area contributed by atoms with Gasteiger partial charge >= 0.3 is 0 Å². The summed E-state index contributed by atoms with van der Waals surface area (Å²) in [5.74, 6) is 0.524. The first-order valence-corrected chi connectivity index (χ1v) is 8.34. The second-order valence-corrected chi connectivity index (χ2v) is 6.27. The van der Waals surface area contributed by atoms with Crippen molar-refractivity contribution in [2.75, 3.05) is 33.3 Å². The van der Waals surface area contributed by atoms with Crippen LogP contribution in [0.5, 0.6) is 5.75 Å². The highest BCUT2D eigenvalue weighted by Gasteiger charge is 2.13. The number of nitrogens with one attached hydrogen (secondary N) is 1. The fourth-order valence-electron chi connectivity index (χ4n) is 2.64. The number of nitrogens with zero attached hydrogens (tertiary/aromatic N) is 1. The number of methoxy groups -OCH3 is 1. The minimum atomic E-state index is -0.0713. The van der Waals surface area contributed by atoms with Gasteiger partial charge < -0.3 is 15.0 Å². The van der Waals surface area contributed by atoms with Crippen LogP contribution in [0.15, 0.2) is 22.7 Å². The Bertz CT molecular complexity index is 473. The van der Waals surface area contributed by atoms with Gasteiger partial charge in [0.25, 0.3) is 5.91 Å². The standard InChI is InChI=1S/C16H23BrN2O2/c1-21-15-12-13(17)6-7-14(15)16(20)18-8-5-11-19-9-3-2-4-10-19/h6-7,12H,2-5,8-11H2,1H3,(H,18,20). The number of carbonyl (C=O) groups excluding carboxylic acids is 1. The Kier molecular flexibility index (Phi) is 6.51. The lowest BCUT2D eigenvalue weighted by Gasteiger charge is -2.26. The number of halogens is 1. The summed E-state index contributed by atoms with van der Waals surface area (Å²) in [4.78, 5) is 14.6. The third-order valence-corrected chi connectivity index (χ3v) is 4.29. The van der Waals surface area contributed by atoms with Gasteiger partial charge in [0, 0.05) is 11.0 Å². The summed E-state index contributed by atoms with van der Waals surface area (Å²) >= 11 is 3.38. The first-order chi connectivity index (χ1) is 10.2. The van der Waals surface area contributed by atoms with E-state index in [1.807, 2.05) is 12.1 Å². The average molecular weight is 355 g/mol. The summed E-state index contributed by atoms with van der Waals surface area (Å²) in [5, 5.41) is 2.97. The Morgan fingerprint density at radius 2 is 2.10 bits per heavy atom. The van der Waals surface area contributed by atoms with Gasteiger partial charge in [-0.3, -0.25) is 4.79 Å². The molecule has 4 nitrogen and oxygen atoms in total. The van der Waals surface area contributed by atoms with Gasteiger partial charge in [-0.2, -0.15) is 0 Å². The zero-order valence-electron chi connectivity index (χ0n) is 12.5. The number of ether oxygens (including phenoxy) is 1. The molecular formula is C16H23BrN2O2. The van der Waals surface area contributed by atoms with E-state index >= 15 is 0 Å². The van der Waals surface area contributed by atoms with E-state index in [4.69, 9.17) is 4.74 Å². The van der Waals surface area contributed by atoms with Crippen molar-refractivity contribution in [3.8, 4) is 5.75 Å². The Hall–Kier alpha value is -1.07. The number of benzene rings is 1. The van der Waals surface area contributed by atoms with E-state index in [1.54, 1.807) is 13.2 Å². The number of hydrogen-bond donors (Lipinski definition) is 1. The maximum absolute atomic E-state index is 12.2. The predicted molar refractivity (Wildman–Crippen MR) is 87.9 cm³/mol. The van der Waals surface area contributed by atoms with E-state index in [9.17, 15) is 4.79 Å². The topological polar surface area (TPSA) is 41.6 Å². The molecule has 0 unspecified atom stereocenters. The second kappa shape index (κ2) is 8.39. The van der Waals surface area contributed by atoms with Crippen LogP contribution >= 0.6 is 15.9 Å². The maximum Gasteiger partial charge on any atom is 0.255 e. The normalized spacial score (nSPS) is 15.7. The molecule has 1 aliphatic heterocycles. The highest BCUT2D eigenvalue weighted by Crippen LogP contribution is 2.23. The van der Waals surface area contributed by atoms with Gasteiger partial charge in [-0.25, -0.2) is 0 Å². The minimum absolute atomic E-state index is 0.0713. The van der Waals surface area contributed by atoms with Crippen LogP contribution in [0, 0.1) is 0 Å². The monoisotopic (exact) mass is 354 g/mol. The maximum atomic E-state index is 12.2. The van der Waals surface area contributed by atoms with E-state index in [1.165, 1.54) is 32.4 Å². The molecule has 1 aliphatic rings. The van der Waals surface area contributed by atoms with E-state index in [2.05, 4.69) is 26.1 Å². The number of hydrogen-bond acceptors (Lipinski definition) is 3. The number of amides is 1. The molecule has 116 valence electrons. The van der Waals surface area contributed by atoms with Gasteiger partial charge in [-0.05, 0) is 57.1 Å². The molecule has 1 amide bonds. The largest absolute Gasteiger partial charge is 0.496 e. The van der Waals surface area contributed by atoms with Crippen LogP contribution in [0.3, 0.4) is 0 Å². The van der Waals surface area contributed by atoms with Crippen molar-refractivity contribution < 1.29 is 9.53 Å². The lowest BCUT2D eigenvalue weighted by atomic mass is 10.1. The summed E-state index contributed by atoms with van der Waals surface area (Å²) in [6, 6.07) is 5.44. The van der Waals surface area contributed by atoms with Gasteiger partial charge in [0.05, 0.1) is 12.7 Å². The summed E-state index contributed by atoms with van der Waals surface area (Å²) in [6.45, 7) is 4.18. The van der Waals surface area contributed by atoms with Crippen LogP contribution in [0.4, 0.5) is 0 Å². The van der Waals surface area contributed by atoms with Crippen LogP contribution in [0.1, 0.15) is 36.0 Å². The lowest BCUT2D eigenvalue weighted by molar-refractivity contribution is 0.0948. The summed E-state index contributed by atoms with van der Waals surface area (Å²) < 4.78 is 6.15. The Morgan fingerprint density at radius 3 is 2.81 bits per heavy atom. The van der Waals surface area contributed by atoms with Gasteiger partial charge in [0.1, 0.15) is 5.75 Å². The first kappa shape index (κ1) is 16.3. The van der Waals surface area contributed by atoms with Gasteiger partial charge in [-0.1, -0.05) is 22.4 Å². The molecule has 0 aromatic heterocycles. The van der Waals surface area contributed by atoms with Crippen LogP contribution in [0.25, 0.3) is 0 Å². The molecule has 0 atom stereocenters. The zero-order chi connectivity index (χ0) is 15.1. The average Bonchev–Trinajstić information content (AvgIpc) is 2.52. The molecule has 0 aliphatic carbocycles. The zero-order valence-corrected chi connectivity index (χ0v) is 14.1. The van der Waals surface area contributed by atoms with Crippen molar-refractivity contribution in [1.82, 2.24) is 10.2 Å². The van der Waals surface area contributed by atoms with Crippen molar-refractivity contribution in [3.05, 3.63) is 28.2 Å². The molecule has 2 rings (SSSR count). The molecule has 1 N–H and O–H groups in total. The number of carbonyl (C=O) groups is 1. The molecule has 1 aromatic rings. The van der Waals surface area contributed by atoms with E-state index in [0.29, 0.717) is 17.9 Å². The second-order valence-electron chi connectivity index (χ2n) is 5.36. The van der Waals surface area contributed by atoms with E-state index in [-0.39, 0.29) is 5.91 Å². The minimum Gasteiger partial charge on any atom is -0.496 e. The van der Waals surface area contributed by atoms with Crippen LogP contribution < -0.4 is 10.1 Å². The molecule has 0 radical (unpaired) electrons. The number of rotatable bonds is 6. The molecule has 1 fully saturated rings. The Balaban J connectivity index is 1.76. The first-order valence-electron chi connectivity index (χ1n) is 7.55. The van der Waals surface area contributed by atoms with Crippen LogP contribution in [-0.2, 0) is 0 Å². The summed E-state index contributed by atoms with van der Waals surface area (Å²) in [6.07, 6.45) is 4.96. The molecule has 0 spiro atoms. The van der Waals surface area contributed by atoms with Crippen molar-refractivity contribution in [2.45, 2.75) is 25.7 Å². The molecular weight excluding hydrogens is 332 g/mol. The third-order valence-electron chi connectivity index (χ3n) is 3.79. The van der Waals surface area contributed by atoms with E-state index < -0.39 is 0 Å². The number of piperidine rings is 1. The van der Waals surface area contributed by atoms with Gasteiger partial charge in [0.15, 0.2) is 0 Å². The Morgan fingerprint density at radius 1 is 1.33 bits per heavy atom. The van der Waals surface area contributed by atoms with Gasteiger partial charge in [0.2, 0.25) is 0 Å². The van der Waals surface area contributed by atoms with Crippen molar-refractivity contribution in [3.63, 3.8) is 0 Å². The third kappa shape index (κ3) is 5.00.